The van der Waals surface area contributed by atoms with E-state index in [-0.39, 0.29) is 0 Å². The van der Waals surface area contributed by atoms with Gasteiger partial charge in [-0.25, -0.2) is 0 Å². The first-order chi connectivity index (χ1) is 9.81. The normalized spacial score (nSPS) is 18.4. The van der Waals surface area contributed by atoms with E-state index in [9.17, 15) is 0 Å². The zero-order valence-corrected chi connectivity index (χ0v) is 12.5. The monoisotopic (exact) mass is 275 g/mol. The first-order valence-corrected chi connectivity index (χ1v) is 7.85. The van der Waals surface area contributed by atoms with Gasteiger partial charge in [-0.1, -0.05) is 6.07 Å². The second-order valence-corrected chi connectivity index (χ2v) is 6.00. The van der Waals surface area contributed by atoms with Crippen molar-refractivity contribution in [1.29, 1.82) is 0 Å². The Balaban J connectivity index is 1.61. The van der Waals surface area contributed by atoms with Crippen LogP contribution in [-0.4, -0.2) is 19.8 Å². The number of methoxy groups -OCH3 is 1. The highest BCUT2D eigenvalue weighted by atomic mass is 16.5. The Morgan fingerprint density at radius 3 is 2.40 bits per heavy atom. The molecule has 2 aliphatic carbocycles. The van der Waals surface area contributed by atoms with E-state index in [0.29, 0.717) is 6.61 Å². The lowest BCUT2D eigenvalue weighted by Gasteiger charge is -2.18. The molecule has 0 aromatic heterocycles. The van der Waals surface area contributed by atoms with Crippen LogP contribution in [0.2, 0.25) is 0 Å². The van der Waals surface area contributed by atoms with Crippen LogP contribution in [0.5, 0.6) is 11.5 Å². The van der Waals surface area contributed by atoms with Crippen molar-refractivity contribution >= 4 is 0 Å². The number of ether oxygens (including phenoxy) is 2. The summed E-state index contributed by atoms with van der Waals surface area (Å²) in [6, 6.07) is 6.99. The topological polar surface area (TPSA) is 30.5 Å². The molecule has 0 unspecified atom stereocenters. The van der Waals surface area contributed by atoms with Crippen molar-refractivity contribution in [3.63, 3.8) is 0 Å². The molecule has 0 amide bonds. The van der Waals surface area contributed by atoms with E-state index in [1.807, 2.05) is 13.0 Å². The molecule has 3 heteroatoms. The molecule has 20 heavy (non-hydrogen) atoms. The molecule has 3 nitrogen and oxygen atoms in total. The maximum Gasteiger partial charge on any atom is 0.161 e. The average molecular weight is 275 g/mol. The van der Waals surface area contributed by atoms with Crippen LogP contribution in [0.3, 0.4) is 0 Å². The van der Waals surface area contributed by atoms with Crippen molar-refractivity contribution < 1.29 is 9.47 Å². The molecule has 3 rings (SSSR count). The van der Waals surface area contributed by atoms with Crippen LogP contribution in [0.25, 0.3) is 0 Å². The number of hydrogen-bond donors (Lipinski definition) is 1. The van der Waals surface area contributed by atoms with Gasteiger partial charge in [0.05, 0.1) is 13.7 Å². The molecule has 0 bridgehead atoms. The molecule has 110 valence electrons. The lowest BCUT2D eigenvalue weighted by molar-refractivity contribution is 0.310. The van der Waals surface area contributed by atoms with E-state index in [1.54, 1.807) is 7.11 Å². The minimum Gasteiger partial charge on any atom is -0.493 e. The summed E-state index contributed by atoms with van der Waals surface area (Å²) in [6.07, 6.45) is 5.67. The Morgan fingerprint density at radius 2 is 1.85 bits per heavy atom. The van der Waals surface area contributed by atoms with Crippen molar-refractivity contribution in [2.24, 2.45) is 11.8 Å². The largest absolute Gasteiger partial charge is 0.493 e. The van der Waals surface area contributed by atoms with Crippen LogP contribution in [0, 0.1) is 11.8 Å². The van der Waals surface area contributed by atoms with Crippen LogP contribution in [0.15, 0.2) is 18.2 Å². The predicted octanol–water partition coefficient (Wildman–Crippen LogP) is 3.37. The predicted molar refractivity (Wildman–Crippen MR) is 80.2 cm³/mol. The quantitative estimate of drug-likeness (QED) is 0.789. The molecule has 1 N–H and O–H groups in total. The van der Waals surface area contributed by atoms with Crippen molar-refractivity contribution in [2.45, 2.75) is 45.2 Å². The molecule has 2 saturated carbocycles. The van der Waals surface area contributed by atoms with Crippen molar-refractivity contribution in [2.75, 3.05) is 13.7 Å². The Bertz CT molecular complexity index is 440. The van der Waals surface area contributed by atoms with Crippen molar-refractivity contribution in [1.82, 2.24) is 5.32 Å². The van der Waals surface area contributed by atoms with Crippen LogP contribution >= 0.6 is 0 Å². The maximum absolute atomic E-state index is 5.56. The molecule has 0 spiro atoms. The van der Waals surface area contributed by atoms with E-state index in [2.05, 4.69) is 17.4 Å². The van der Waals surface area contributed by atoms with Gasteiger partial charge in [-0.2, -0.15) is 0 Å². The third-order valence-electron chi connectivity index (χ3n) is 4.33. The molecule has 1 aromatic carbocycles. The van der Waals surface area contributed by atoms with E-state index in [1.165, 1.54) is 31.2 Å². The fourth-order valence-corrected chi connectivity index (χ4v) is 2.96. The highest BCUT2D eigenvalue weighted by Crippen LogP contribution is 2.44. The Hall–Kier alpha value is -1.22. The molecule has 2 aliphatic rings. The zero-order chi connectivity index (χ0) is 13.9. The van der Waals surface area contributed by atoms with Gasteiger partial charge in [-0.05, 0) is 62.1 Å². The second kappa shape index (κ2) is 6.04. The third-order valence-corrected chi connectivity index (χ3v) is 4.33. The fourth-order valence-electron chi connectivity index (χ4n) is 2.96. The smallest absolute Gasteiger partial charge is 0.161 e. The Morgan fingerprint density at radius 1 is 1.15 bits per heavy atom. The summed E-state index contributed by atoms with van der Waals surface area (Å²) in [4.78, 5) is 0. The summed E-state index contributed by atoms with van der Waals surface area (Å²) in [7, 11) is 1.70. The van der Waals surface area contributed by atoms with Crippen LogP contribution in [0.4, 0.5) is 0 Å². The second-order valence-electron chi connectivity index (χ2n) is 6.00. The Kier molecular flexibility index (Phi) is 4.16. The summed E-state index contributed by atoms with van der Waals surface area (Å²) in [5, 5.41) is 3.77. The van der Waals surface area contributed by atoms with E-state index >= 15 is 0 Å². The van der Waals surface area contributed by atoms with Crippen LogP contribution in [0.1, 0.15) is 38.2 Å². The molecular weight excluding hydrogens is 250 g/mol. The van der Waals surface area contributed by atoms with Crippen LogP contribution in [-0.2, 0) is 6.54 Å². The molecule has 0 atom stereocenters. The first kappa shape index (κ1) is 13.7. The third kappa shape index (κ3) is 3.26. The summed E-state index contributed by atoms with van der Waals surface area (Å²) < 4.78 is 11.0. The van der Waals surface area contributed by atoms with Gasteiger partial charge >= 0.3 is 0 Å². The standard InChI is InChI=1S/C17H25NO2/c1-3-20-15-9-4-12(10-16(15)19-2)11-18-17(13-5-6-13)14-7-8-14/h4,9-10,13-14,17-18H,3,5-8,11H2,1-2H3. The molecule has 0 heterocycles. The van der Waals surface area contributed by atoms with E-state index in [4.69, 9.17) is 9.47 Å². The molecule has 0 radical (unpaired) electrons. The summed E-state index contributed by atoms with van der Waals surface area (Å²) in [5.41, 5.74) is 1.27. The molecule has 2 fully saturated rings. The minimum atomic E-state index is 0.666. The fraction of sp³-hybridized carbons (Fsp3) is 0.647. The SMILES string of the molecule is CCOc1ccc(CNC(C2CC2)C2CC2)cc1OC. The zero-order valence-electron chi connectivity index (χ0n) is 12.5. The first-order valence-electron chi connectivity index (χ1n) is 7.85. The summed E-state index contributed by atoms with van der Waals surface area (Å²) >= 11 is 0. The van der Waals surface area contributed by atoms with Crippen molar-refractivity contribution in [3.8, 4) is 11.5 Å². The Labute approximate surface area is 121 Å². The average Bonchev–Trinajstić information content (AvgIpc) is 3.34. The number of rotatable bonds is 8. The maximum atomic E-state index is 5.56. The highest BCUT2D eigenvalue weighted by molar-refractivity contribution is 5.42. The minimum absolute atomic E-state index is 0.666. The van der Waals surface area contributed by atoms with Crippen LogP contribution < -0.4 is 14.8 Å². The molecular formula is C17H25NO2. The molecule has 0 aliphatic heterocycles. The van der Waals surface area contributed by atoms with Gasteiger partial charge in [0.25, 0.3) is 0 Å². The van der Waals surface area contributed by atoms with Crippen molar-refractivity contribution in [3.05, 3.63) is 23.8 Å². The molecule has 1 aromatic rings. The van der Waals surface area contributed by atoms with Gasteiger partial charge in [-0.3, -0.25) is 0 Å². The van der Waals surface area contributed by atoms with Gasteiger partial charge in [0, 0.05) is 12.6 Å². The van der Waals surface area contributed by atoms with Gasteiger partial charge < -0.3 is 14.8 Å². The number of nitrogens with one attached hydrogen (secondary N) is 1. The van der Waals surface area contributed by atoms with E-state index in [0.717, 1.165) is 35.9 Å². The highest BCUT2D eigenvalue weighted by Gasteiger charge is 2.40. The van der Waals surface area contributed by atoms with E-state index < -0.39 is 0 Å². The lowest BCUT2D eigenvalue weighted by Crippen LogP contribution is -2.32. The van der Waals surface area contributed by atoms with Gasteiger partial charge in [-0.15, -0.1) is 0 Å². The number of hydrogen-bond acceptors (Lipinski definition) is 3. The van der Waals surface area contributed by atoms with Gasteiger partial charge in [0.1, 0.15) is 0 Å². The van der Waals surface area contributed by atoms with Gasteiger partial charge in [0.15, 0.2) is 11.5 Å². The summed E-state index contributed by atoms with van der Waals surface area (Å²) in [5.74, 6) is 3.54. The molecule has 0 saturated heterocycles. The van der Waals surface area contributed by atoms with Gasteiger partial charge in [0.2, 0.25) is 0 Å². The summed E-state index contributed by atoms with van der Waals surface area (Å²) in [6.45, 7) is 3.59. The lowest BCUT2D eigenvalue weighted by atomic mass is 10.1. The number of benzene rings is 1.